The Morgan fingerprint density at radius 3 is 2.25 bits per heavy atom. The van der Waals surface area contributed by atoms with Crippen molar-refractivity contribution in [3.63, 3.8) is 0 Å². The molecular formula is C17H19NO2. The van der Waals surface area contributed by atoms with Gasteiger partial charge in [0.05, 0.1) is 12.5 Å². The number of nitrogens with zero attached hydrogens (tertiary/aromatic N) is 1. The fourth-order valence-corrected chi connectivity index (χ4v) is 2.28. The van der Waals surface area contributed by atoms with E-state index in [9.17, 15) is 4.79 Å². The van der Waals surface area contributed by atoms with Crippen LogP contribution in [-0.2, 0) is 4.79 Å². The lowest BCUT2D eigenvalue weighted by molar-refractivity contribution is -0.137. The van der Waals surface area contributed by atoms with Crippen molar-refractivity contribution >= 4 is 11.7 Å². The highest BCUT2D eigenvalue weighted by molar-refractivity contribution is 5.69. The van der Waals surface area contributed by atoms with E-state index in [4.69, 9.17) is 5.11 Å². The van der Waals surface area contributed by atoms with Gasteiger partial charge in [0.25, 0.3) is 0 Å². The highest BCUT2D eigenvalue weighted by Crippen LogP contribution is 2.28. The summed E-state index contributed by atoms with van der Waals surface area (Å²) in [6.07, 6.45) is 0.0778. The maximum Gasteiger partial charge on any atom is 0.305 e. The van der Waals surface area contributed by atoms with Gasteiger partial charge in [-0.05, 0) is 24.6 Å². The van der Waals surface area contributed by atoms with E-state index < -0.39 is 5.97 Å². The Morgan fingerprint density at radius 1 is 1.10 bits per heavy atom. The number of carboxylic acid groups (broad SMARTS) is 1. The van der Waals surface area contributed by atoms with Gasteiger partial charge in [-0.1, -0.05) is 48.0 Å². The van der Waals surface area contributed by atoms with Crippen LogP contribution in [0.2, 0.25) is 0 Å². The van der Waals surface area contributed by atoms with Crippen LogP contribution < -0.4 is 4.90 Å². The van der Waals surface area contributed by atoms with E-state index in [0.717, 1.165) is 11.3 Å². The summed E-state index contributed by atoms with van der Waals surface area (Å²) >= 11 is 0. The predicted molar refractivity (Wildman–Crippen MR) is 81.0 cm³/mol. The number of carbonyl (C=O) groups is 1. The minimum absolute atomic E-state index is 0.0778. The highest BCUT2D eigenvalue weighted by Gasteiger charge is 2.20. The van der Waals surface area contributed by atoms with Crippen molar-refractivity contribution in [3.8, 4) is 0 Å². The molecule has 1 atom stereocenters. The molecule has 0 amide bonds. The molecule has 0 aliphatic heterocycles. The van der Waals surface area contributed by atoms with Gasteiger partial charge in [0.15, 0.2) is 0 Å². The molecule has 0 aliphatic rings. The van der Waals surface area contributed by atoms with Gasteiger partial charge < -0.3 is 10.0 Å². The molecule has 20 heavy (non-hydrogen) atoms. The molecule has 0 aromatic heterocycles. The van der Waals surface area contributed by atoms with E-state index in [-0.39, 0.29) is 12.5 Å². The molecule has 2 rings (SSSR count). The first-order valence-electron chi connectivity index (χ1n) is 6.64. The van der Waals surface area contributed by atoms with E-state index in [0.29, 0.717) is 0 Å². The zero-order valence-electron chi connectivity index (χ0n) is 11.8. The van der Waals surface area contributed by atoms with Gasteiger partial charge in [0.1, 0.15) is 0 Å². The van der Waals surface area contributed by atoms with E-state index in [1.807, 2.05) is 73.5 Å². The number of anilines is 1. The summed E-state index contributed by atoms with van der Waals surface area (Å²) in [6.45, 7) is 2.02. The third-order valence-corrected chi connectivity index (χ3v) is 3.46. The summed E-state index contributed by atoms with van der Waals surface area (Å²) in [5.74, 6) is -0.793. The Bertz CT molecular complexity index is 563. The van der Waals surface area contributed by atoms with E-state index in [1.165, 1.54) is 5.56 Å². The van der Waals surface area contributed by atoms with Crippen molar-refractivity contribution in [1.29, 1.82) is 0 Å². The maximum atomic E-state index is 11.2. The quantitative estimate of drug-likeness (QED) is 0.900. The smallest absolute Gasteiger partial charge is 0.305 e. The number of aryl methyl sites for hydroxylation is 1. The summed E-state index contributed by atoms with van der Waals surface area (Å²) in [6, 6.07) is 17.7. The maximum absolute atomic E-state index is 11.2. The number of hydrogen-bond donors (Lipinski definition) is 1. The monoisotopic (exact) mass is 269 g/mol. The first kappa shape index (κ1) is 14.1. The van der Waals surface area contributed by atoms with E-state index in [2.05, 4.69) is 0 Å². The first-order valence-corrected chi connectivity index (χ1v) is 6.64. The zero-order chi connectivity index (χ0) is 14.5. The molecule has 0 spiro atoms. The van der Waals surface area contributed by atoms with Crippen LogP contribution in [-0.4, -0.2) is 18.1 Å². The molecule has 0 saturated carbocycles. The normalized spacial score (nSPS) is 11.9. The van der Waals surface area contributed by atoms with Gasteiger partial charge in [-0.15, -0.1) is 0 Å². The molecule has 3 nitrogen and oxygen atoms in total. The second-order valence-electron chi connectivity index (χ2n) is 4.97. The fraction of sp³-hybridized carbons (Fsp3) is 0.235. The molecule has 2 aromatic rings. The van der Waals surface area contributed by atoms with Gasteiger partial charge in [0, 0.05) is 12.7 Å². The Morgan fingerprint density at radius 2 is 1.70 bits per heavy atom. The van der Waals surface area contributed by atoms with Gasteiger partial charge in [0.2, 0.25) is 0 Å². The van der Waals surface area contributed by atoms with E-state index in [1.54, 1.807) is 0 Å². The molecule has 2 aromatic carbocycles. The molecule has 0 saturated heterocycles. The summed E-state index contributed by atoms with van der Waals surface area (Å²) in [7, 11) is 1.93. The van der Waals surface area contributed by atoms with Crippen LogP contribution in [0.1, 0.15) is 23.6 Å². The number of rotatable bonds is 5. The molecule has 1 N–H and O–H groups in total. The van der Waals surface area contributed by atoms with Crippen LogP contribution in [0.5, 0.6) is 0 Å². The average molecular weight is 269 g/mol. The second-order valence-corrected chi connectivity index (χ2v) is 4.97. The summed E-state index contributed by atoms with van der Waals surface area (Å²) < 4.78 is 0. The van der Waals surface area contributed by atoms with Crippen molar-refractivity contribution in [2.75, 3.05) is 11.9 Å². The van der Waals surface area contributed by atoms with Crippen LogP contribution in [0, 0.1) is 6.92 Å². The zero-order valence-corrected chi connectivity index (χ0v) is 11.8. The third-order valence-electron chi connectivity index (χ3n) is 3.46. The summed E-state index contributed by atoms with van der Waals surface area (Å²) in [5, 5.41) is 9.17. The van der Waals surface area contributed by atoms with Crippen molar-refractivity contribution in [3.05, 3.63) is 65.7 Å². The Labute approximate surface area is 119 Å². The summed E-state index contributed by atoms with van der Waals surface area (Å²) in [5.41, 5.74) is 3.20. The Hall–Kier alpha value is -2.29. The second kappa shape index (κ2) is 6.24. The SMILES string of the molecule is Cc1ccc(C(CC(=O)O)N(C)c2ccccc2)cc1. The molecule has 0 aliphatic carbocycles. The van der Waals surface area contributed by atoms with Crippen LogP contribution >= 0.6 is 0 Å². The first-order chi connectivity index (χ1) is 9.58. The molecule has 0 fully saturated rings. The van der Waals surface area contributed by atoms with Crippen LogP contribution in [0.25, 0.3) is 0 Å². The van der Waals surface area contributed by atoms with Crippen LogP contribution in [0.4, 0.5) is 5.69 Å². The van der Waals surface area contributed by atoms with Gasteiger partial charge in [-0.3, -0.25) is 4.79 Å². The predicted octanol–water partition coefficient (Wildman–Crippen LogP) is 3.65. The van der Waals surface area contributed by atoms with Gasteiger partial charge >= 0.3 is 5.97 Å². The van der Waals surface area contributed by atoms with Gasteiger partial charge in [-0.25, -0.2) is 0 Å². The summed E-state index contributed by atoms with van der Waals surface area (Å²) in [4.78, 5) is 13.2. The lowest BCUT2D eigenvalue weighted by Gasteiger charge is -2.29. The fourth-order valence-electron chi connectivity index (χ4n) is 2.28. The minimum Gasteiger partial charge on any atom is -0.481 e. The number of benzene rings is 2. The molecule has 0 heterocycles. The molecular weight excluding hydrogens is 250 g/mol. The largest absolute Gasteiger partial charge is 0.481 e. The van der Waals surface area contributed by atoms with Crippen molar-refractivity contribution in [1.82, 2.24) is 0 Å². The van der Waals surface area contributed by atoms with Gasteiger partial charge in [-0.2, -0.15) is 0 Å². The lowest BCUT2D eigenvalue weighted by atomic mass is 10.0. The van der Waals surface area contributed by atoms with E-state index >= 15 is 0 Å². The molecule has 0 radical (unpaired) electrons. The Kier molecular flexibility index (Phi) is 4.41. The molecule has 1 unspecified atom stereocenters. The van der Waals surface area contributed by atoms with Crippen molar-refractivity contribution in [2.24, 2.45) is 0 Å². The van der Waals surface area contributed by atoms with Crippen LogP contribution in [0.15, 0.2) is 54.6 Å². The topological polar surface area (TPSA) is 40.5 Å². The lowest BCUT2D eigenvalue weighted by Crippen LogP contribution is -2.26. The molecule has 104 valence electrons. The number of hydrogen-bond acceptors (Lipinski definition) is 2. The molecule has 3 heteroatoms. The Balaban J connectivity index is 2.32. The van der Waals surface area contributed by atoms with Crippen molar-refractivity contribution in [2.45, 2.75) is 19.4 Å². The highest BCUT2D eigenvalue weighted by atomic mass is 16.4. The number of aliphatic carboxylic acids is 1. The third kappa shape index (κ3) is 3.38. The minimum atomic E-state index is -0.793. The molecule has 0 bridgehead atoms. The number of para-hydroxylation sites is 1. The van der Waals surface area contributed by atoms with Crippen molar-refractivity contribution < 1.29 is 9.90 Å². The average Bonchev–Trinajstić information content (AvgIpc) is 2.46. The number of carboxylic acids is 1. The standard InChI is InChI=1S/C17H19NO2/c1-13-8-10-14(11-9-13)16(12-17(19)20)18(2)15-6-4-3-5-7-15/h3-11,16H,12H2,1-2H3,(H,19,20). The van der Waals surface area contributed by atoms with Crippen LogP contribution in [0.3, 0.4) is 0 Å².